The molecule has 6 nitrogen and oxygen atoms in total. The molecule has 2 N–H and O–H groups in total. The molecule has 1 atom stereocenters. The van der Waals surface area contributed by atoms with E-state index in [0.29, 0.717) is 13.2 Å². The highest BCUT2D eigenvalue weighted by Crippen LogP contribution is 2.05. The molecule has 1 fully saturated rings. The van der Waals surface area contributed by atoms with Crippen molar-refractivity contribution < 1.29 is 24.2 Å². The fourth-order valence-electron chi connectivity index (χ4n) is 1.38. The Labute approximate surface area is 93.9 Å². The van der Waals surface area contributed by atoms with E-state index in [4.69, 9.17) is 14.6 Å². The van der Waals surface area contributed by atoms with Gasteiger partial charge in [0.15, 0.2) is 6.10 Å². The lowest BCUT2D eigenvalue weighted by Gasteiger charge is -2.23. The van der Waals surface area contributed by atoms with Crippen LogP contribution in [0.1, 0.15) is 19.8 Å². The number of ether oxygens (including phenoxy) is 2. The van der Waals surface area contributed by atoms with Gasteiger partial charge in [0.25, 0.3) is 0 Å². The van der Waals surface area contributed by atoms with Gasteiger partial charge in [0, 0.05) is 19.3 Å². The summed E-state index contributed by atoms with van der Waals surface area (Å²) in [7, 11) is 0. The van der Waals surface area contributed by atoms with Crippen LogP contribution in [0.4, 0.5) is 0 Å². The van der Waals surface area contributed by atoms with E-state index < -0.39 is 12.1 Å². The predicted octanol–water partition coefficient (Wildman–Crippen LogP) is -0.229. The highest BCUT2D eigenvalue weighted by molar-refractivity contribution is 5.78. The lowest BCUT2D eigenvalue weighted by molar-refractivity contribution is -0.151. The average molecular weight is 231 g/mol. The number of carbonyl (C=O) groups excluding carboxylic acids is 1. The molecule has 0 aromatic rings. The summed E-state index contributed by atoms with van der Waals surface area (Å²) in [5.74, 6) is -1.35. The molecule has 1 aliphatic rings. The Morgan fingerprint density at radius 3 is 2.69 bits per heavy atom. The van der Waals surface area contributed by atoms with Crippen LogP contribution in [0, 0.1) is 0 Å². The van der Waals surface area contributed by atoms with Crippen molar-refractivity contribution in [2.24, 2.45) is 0 Å². The van der Waals surface area contributed by atoms with Crippen LogP contribution in [0.2, 0.25) is 0 Å². The molecule has 0 aromatic heterocycles. The maximum absolute atomic E-state index is 11.4. The topological polar surface area (TPSA) is 84.9 Å². The second-order valence-electron chi connectivity index (χ2n) is 3.75. The quantitative estimate of drug-likeness (QED) is 0.682. The third-order valence-electron chi connectivity index (χ3n) is 2.40. The van der Waals surface area contributed by atoms with Gasteiger partial charge in [-0.25, -0.2) is 4.79 Å². The molecule has 1 heterocycles. The summed E-state index contributed by atoms with van der Waals surface area (Å²) in [6.45, 7) is 2.48. The minimum Gasteiger partial charge on any atom is -0.479 e. The maximum atomic E-state index is 11.4. The van der Waals surface area contributed by atoms with Gasteiger partial charge in [-0.15, -0.1) is 0 Å². The van der Waals surface area contributed by atoms with Gasteiger partial charge in [0.05, 0.1) is 0 Å². The third kappa shape index (κ3) is 4.59. The lowest BCUT2D eigenvalue weighted by Crippen LogP contribution is -2.41. The van der Waals surface area contributed by atoms with E-state index in [1.54, 1.807) is 0 Å². The summed E-state index contributed by atoms with van der Waals surface area (Å²) in [6, 6.07) is 0.116. The van der Waals surface area contributed by atoms with Crippen LogP contribution in [0.3, 0.4) is 0 Å². The number of nitrogens with one attached hydrogen (secondary N) is 1. The Morgan fingerprint density at radius 1 is 1.50 bits per heavy atom. The molecule has 1 saturated heterocycles. The highest BCUT2D eigenvalue weighted by Gasteiger charge is 2.18. The maximum Gasteiger partial charge on any atom is 0.332 e. The molecule has 0 unspecified atom stereocenters. The van der Waals surface area contributed by atoms with Crippen LogP contribution in [-0.4, -0.2) is 48.9 Å². The number of hydrogen-bond acceptors (Lipinski definition) is 4. The minimum absolute atomic E-state index is 0.116. The van der Waals surface area contributed by atoms with E-state index in [9.17, 15) is 9.59 Å². The molecule has 0 saturated carbocycles. The molecule has 1 amide bonds. The number of rotatable bonds is 5. The summed E-state index contributed by atoms with van der Waals surface area (Å²) >= 11 is 0. The van der Waals surface area contributed by atoms with E-state index in [2.05, 4.69) is 5.32 Å². The van der Waals surface area contributed by atoms with Gasteiger partial charge in [0.2, 0.25) is 5.91 Å². The SMILES string of the molecule is C[C@@H](OCC(=O)NC1CCOCC1)C(=O)O. The van der Waals surface area contributed by atoms with Gasteiger partial charge in [-0.2, -0.15) is 0 Å². The number of carboxylic acid groups (broad SMARTS) is 1. The Hall–Kier alpha value is -1.14. The molecule has 0 spiro atoms. The first-order valence-corrected chi connectivity index (χ1v) is 5.31. The van der Waals surface area contributed by atoms with Crippen molar-refractivity contribution in [3.8, 4) is 0 Å². The van der Waals surface area contributed by atoms with Crippen molar-refractivity contribution in [2.45, 2.75) is 31.9 Å². The van der Waals surface area contributed by atoms with Crippen molar-refractivity contribution in [3.63, 3.8) is 0 Å². The normalized spacial score (nSPS) is 19.1. The van der Waals surface area contributed by atoms with Crippen molar-refractivity contribution in [3.05, 3.63) is 0 Å². The molecule has 1 rings (SSSR count). The highest BCUT2D eigenvalue weighted by atomic mass is 16.5. The van der Waals surface area contributed by atoms with E-state index in [1.165, 1.54) is 6.92 Å². The predicted molar refractivity (Wildman–Crippen MR) is 55.0 cm³/mol. The molecule has 92 valence electrons. The first-order chi connectivity index (χ1) is 7.59. The van der Waals surface area contributed by atoms with E-state index in [0.717, 1.165) is 12.8 Å². The first kappa shape index (κ1) is 12.9. The average Bonchev–Trinajstić information content (AvgIpc) is 2.27. The van der Waals surface area contributed by atoms with Gasteiger partial charge in [-0.3, -0.25) is 4.79 Å². The molecule has 0 radical (unpaired) electrons. The fraction of sp³-hybridized carbons (Fsp3) is 0.800. The smallest absolute Gasteiger partial charge is 0.332 e. The lowest BCUT2D eigenvalue weighted by atomic mass is 10.1. The van der Waals surface area contributed by atoms with Crippen LogP contribution in [0.25, 0.3) is 0 Å². The van der Waals surface area contributed by atoms with Crippen molar-refractivity contribution in [1.29, 1.82) is 0 Å². The van der Waals surface area contributed by atoms with Crippen LogP contribution in [0.5, 0.6) is 0 Å². The zero-order chi connectivity index (χ0) is 12.0. The Kier molecular flexibility index (Phi) is 5.21. The van der Waals surface area contributed by atoms with Gasteiger partial charge in [-0.1, -0.05) is 0 Å². The Balaban J connectivity index is 2.17. The number of hydrogen-bond donors (Lipinski definition) is 2. The van der Waals surface area contributed by atoms with Gasteiger partial charge < -0.3 is 19.9 Å². The van der Waals surface area contributed by atoms with E-state index >= 15 is 0 Å². The van der Waals surface area contributed by atoms with Crippen LogP contribution in [0.15, 0.2) is 0 Å². The second-order valence-corrected chi connectivity index (χ2v) is 3.75. The van der Waals surface area contributed by atoms with Crippen molar-refractivity contribution in [1.82, 2.24) is 5.32 Å². The molecule has 16 heavy (non-hydrogen) atoms. The summed E-state index contributed by atoms with van der Waals surface area (Å²) in [5.41, 5.74) is 0. The number of aliphatic carboxylic acids is 1. The summed E-state index contributed by atoms with van der Waals surface area (Å²) in [6.07, 6.45) is 0.626. The Bertz CT molecular complexity index is 250. The largest absolute Gasteiger partial charge is 0.479 e. The van der Waals surface area contributed by atoms with Gasteiger partial charge in [0.1, 0.15) is 6.61 Å². The molecule has 0 aliphatic carbocycles. The molecule has 1 aliphatic heterocycles. The zero-order valence-electron chi connectivity index (χ0n) is 9.27. The van der Waals surface area contributed by atoms with Crippen LogP contribution < -0.4 is 5.32 Å². The number of carboxylic acids is 1. The summed E-state index contributed by atoms with van der Waals surface area (Å²) in [5, 5.41) is 11.3. The molecular weight excluding hydrogens is 214 g/mol. The zero-order valence-corrected chi connectivity index (χ0v) is 9.27. The van der Waals surface area contributed by atoms with E-state index in [1.807, 2.05) is 0 Å². The van der Waals surface area contributed by atoms with Crippen molar-refractivity contribution >= 4 is 11.9 Å². The summed E-state index contributed by atoms with van der Waals surface area (Å²) in [4.78, 5) is 21.8. The van der Waals surface area contributed by atoms with Crippen LogP contribution >= 0.6 is 0 Å². The minimum atomic E-state index is -1.07. The van der Waals surface area contributed by atoms with E-state index in [-0.39, 0.29) is 18.6 Å². The van der Waals surface area contributed by atoms with Crippen molar-refractivity contribution in [2.75, 3.05) is 19.8 Å². The van der Waals surface area contributed by atoms with Gasteiger partial charge in [-0.05, 0) is 19.8 Å². The molecular formula is C10H17NO5. The third-order valence-corrected chi connectivity index (χ3v) is 2.40. The molecule has 6 heteroatoms. The molecule has 0 bridgehead atoms. The monoisotopic (exact) mass is 231 g/mol. The molecule has 0 aromatic carbocycles. The fourth-order valence-corrected chi connectivity index (χ4v) is 1.38. The first-order valence-electron chi connectivity index (χ1n) is 5.31. The van der Waals surface area contributed by atoms with Crippen LogP contribution in [-0.2, 0) is 19.1 Å². The number of carbonyl (C=O) groups is 2. The standard InChI is InChI=1S/C10H17NO5/c1-7(10(13)14)16-6-9(12)11-8-2-4-15-5-3-8/h7-8H,2-6H2,1H3,(H,11,12)(H,13,14)/t7-/m1/s1. The Morgan fingerprint density at radius 2 is 2.12 bits per heavy atom. The number of amides is 1. The summed E-state index contributed by atoms with van der Waals surface area (Å²) < 4.78 is 10.0. The second kappa shape index (κ2) is 6.44. The van der Waals surface area contributed by atoms with Gasteiger partial charge >= 0.3 is 5.97 Å².